The van der Waals surface area contributed by atoms with E-state index < -0.39 is 5.63 Å². The molecule has 0 amide bonds. The molecule has 2 heterocycles. The maximum Gasteiger partial charge on any atom is 0.336 e. The van der Waals surface area contributed by atoms with Crippen LogP contribution >= 0.6 is 0 Å². The summed E-state index contributed by atoms with van der Waals surface area (Å²) in [6, 6.07) is 3.28. The molecule has 0 spiro atoms. The van der Waals surface area contributed by atoms with Crippen molar-refractivity contribution in [3.05, 3.63) is 39.2 Å². The van der Waals surface area contributed by atoms with Crippen LogP contribution in [0.25, 0.3) is 11.0 Å². The van der Waals surface area contributed by atoms with Crippen molar-refractivity contribution in [2.45, 2.75) is 52.5 Å². The molecule has 1 aliphatic rings. The van der Waals surface area contributed by atoms with E-state index in [2.05, 4.69) is 4.90 Å². The van der Waals surface area contributed by atoms with Gasteiger partial charge in [-0.25, -0.2) is 4.79 Å². The molecule has 0 saturated carbocycles. The van der Waals surface area contributed by atoms with Crippen LogP contribution in [0.4, 0.5) is 0 Å². The van der Waals surface area contributed by atoms with Crippen LogP contribution in [0.2, 0.25) is 0 Å². The number of piperidine rings is 1. The van der Waals surface area contributed by atoms with Gasteiger partial charge in [-0.15, -0.1) is 0 Å². The Hall–Kier alpha value is -2.34. The fourth-order valence-corrected chi connectivity index (χ4v) is 3.71. The molecule has 0 bridgehead atoms. The zero-order valence-corrected chi connectivity index (χ0v) is 16.0. The average Bonchev–Trinajstić information content (AvgIpc) is 2.64. The second kappa shape index (κ2) is 8.57. The van der Waals surface area contributed by atoms with Crippen molar-refractivity contribution in [1.29, 1.82) is 0 Å². The fourth-order valence-electron chi connectivity index (χ4n) is 3.71. The number of fused-ring (bicyclic) bond motifs is 1. The molecule has 1 aromatic carbocycles. The Labute approximate surface area is 158 Å². The van der Waals surface area contributed by atoms with Gasteiger partial charge in [-0.05, 0) is 63.4 Å². The standard InChI is InChI=1S/C21H27NO5/c1-3-26-18(23)8-7-15-12-16-14(2)11-19(24)27-21(16)17(20(15)25)13-22-9-5-4-6-10-22/h11-12,25H,3-10,13H2,1-2H3. The smallest absolute Gasteiger partial charge is 0.336 e. The number of aromatic hydroxyl groups is 1. The molecule has 0 unspecified atom stereocenters. The molecule has 0 atom stereocenters. The molecule has 2 aromatic rings. The lowest BCUT2D eigenvalue weighted by Crippen LogP contribution is -2.29. The van der Waals surface area contributed by atoms with Gasteiger partial charge in [0.15, 0.2) is 0 Å². The highest BCUT2D eigenvalue weighted by Gasteiger charge is 2.21. The van der Waals surface area contributed by atoms with E-state index in [0.29, 0.717) is 36.3 Å². The van der Waals surface area contributed by atoms with E-state index >= 15 is 0 Å². The monoisotopic (exact) mass is 373 g/mol. The van der Waals surface area contributed by atoms with Crippen LogP contribution in [0.3, 0.4) is 0 Å². The lowest BCUT2D eigenvalue weighted by molar-refractivity contribution is -0.143. The summed E-state index contributed by atoms with van der Waals surface area (Å²) in [6.45, 7) is 6.42. The molecule has 1 fully saturated rings. The Bertz CT molecular complexity index is 880. The molecular formula is C21H27NO5. The molecule has 1 aromatic heterocycles. The molecule has 0 radical (unpaired) electrons. The molecule has 146 valence electrons. The summed E-state index contributed by atoms with van der Waals surface area (Å²) in [5.74, 6) is -0.169. The van der Waals surface area contributed by atoms with E-state index in [-0.39, 0.29) is 18.1 Å². The number of phenolic OH excluding ortho intramolecular Hbond substituents is 1. The molecule has 0 aliphatic carbocycles. The zero-order chi connectivity index (χ0) is 19.4. The number of phenols is 1. The molecule has 6 heteroatoms. The second-order valence-electron chi connectivity index (χ2n) is 7.13. The number of hydrogen-bond acceptors (Lipinski definition) is 6. The van der Waals surface area contributed by atoms with Gasteiger partial charge < -0.3 is 14.3 Å². The first-order valence-electron chi connectivity index (χ1n) is 9.65. The third-order valence-corrected chi connectivity index (χ3v) is 5.12. The van der Waals surface area contributed by atoms with Crippen LogP contribution in [0.5, 0.6) is 5.75 Å². The van der Waals surface area contributed by atoms with Gasteiger partial charge in [-0.2, -0.15) is 0 Å². The zero-order valence-electron chi connectivity index (χ0n) is 16.0. The first-order valence-corrected chi connectivity index (χ1v) is 9.65. The number of rotatable bonds is 6. The number of carbonyl (C=O) groups excluding carboxylic acids is 1. The summed E-state index contributed by atoms with van der Waals surface area (Å²) in [5, 5.41) is 11.7. The van der Waals surface area contributed by atoms with Crippen molar-refractivity contribution in [3.8, 4) is 5.75 Å². The average molecular weight is 373 g/mol. The largest absolute Gasteiger partial charge is 0.507 e. The van der Waals surface area contributed by atoms with E-state index in [9.17, 15) is 14.7 Å². The Morgan fingerprint density at radius 3 is 2.70 bits per heavy atom. The summed E-state index contributed by atoms with van der Waals surface area (Å²) < 4.78 is 10.5. The molecule has 3 rings (SSSR count). The fraction of sp³-hybridized carbons (Fsp3) is 0.524. The van der Waals surface area contributed by atoms with Crippen LogP contribution in [0, 0.1) is 6.92 Å². The normalized spacial score (nSPS) is 15.2. The maximum atomic E-state index is 11.9. The minimum atomic E-state index is -0.418. The number of hydrogen-bond donors (Lipinski definition) is 1. The predicted molar refractivity (Wildman–Crippen MR) is 103 cm³/mol. The summed E-state index contributed by atoms with van der Waals surface area (Å²) in [5.41, 5.74) is 2.15. The highest BCUT2D eigenvalue weighted by Crippen LogP contribution is 2.34. The van der Waals surface area contributed by atoms with Crippen molar-refractivity contribution >= 4 is 16.9 Å². The van der Waals surface area contributed by atoms with Crippen LogP contribution in [0.15, 0.2) is 21.3 Å². The first kappa shape index (κ1) is 19.4. The topological polar surface area (TPSA) is 80.0 Å². The Morgan fingerprint density at radius 2 is 2.00 bits per heavy atom. The number of carbonyl (C=O) groups is 1. The van der Waals surface area contributed by atoms with Crippen molar-refractivity contribution in [2.75, 3.05) is 19.7 Å². The third kappa shape index (κ3) is 4.50. The Kier molecular flexibility index (Phi) is 6.16. The van der Waals surface area contributed by atoms with Gasteiger partial charge in [0.05, 0.1) is 12.2 Å². The van der Waals surface area contributed by atoms with Crippen LogP contribution < -0.4 is 5.63 Å². The van der Waals surface area contributed by atoms with Crippen LogP contribution in [0.1, 0.15) is 49.3 Å². The summed E-state index contributed by atoms with van der Waals surface area (Å²) >= 11 is 0. The van der Waals surface area contributed by atoms with Gasteiger partial charge in [-0.3, -0.25) is 9.69 Å². The van der Waals surface area contributed by atoms with Gasteiger partial charge in [-0.1, -0.05) is 6.42 Å². The third-order valence-electron chi connectivity index (χ3n) is 5.12. The summed E-state index contributed by atoms with van der Waals surface area (Å²) in [4.78, 5) is 25.9. The van der Waals surface area contributed by atoms with E-state index in [1.54, 1.807) is 6.92 Å². The van der Waals surface area contributed by atoms with Crippen LogP contribution in [-0.2, 0) is 22.5 Å². The lowest BCUT2D eigenvalue weighted by atomic mass is 9.97. The molecule has 1 saturated heterocycles. The quantitative estimate of drug-likeness (QED) is 0.618. The molecular weight excluding hydrogens is 346 g/mol. The van der Waals surface area contributed by atoms with E-state index in [0.717, 1.165) is 36.9 Å². The number of nitrogens with zero attached hydrogens (tertiary/aromatic N) is 1. The van der Waals surface area contributed by atoms with Gasteiger partial charge in [0.2, 0.25) is 0 Å². The highest BCUT2D eigenvalue weighted by molar-refractivity contribution is 5.86. The van der Waals surface area contributed by atoms with Crippen LogP contribution in [-0.4, -0.2) is 35.7 Å². The van der Waals surface area contributed by atoms with Crippen molar-refractivity contribution in [2.24, 2.45) is 0 Å². The van der Waals surface area contributed by atoms with Crippen molar-refractivity contribution in [3.63, 3.8) is 0 Å². The summed E-state index contributed by atoms with van der Waals surface area (Å²) in [7, 11) is 0. The minimum Gasteiger partial charge on any atom is -0.507 e. The number of likely N-dealkylation sites (tertiary alicyclic amines) is 1. The number of aryl methyl sites for hydroxylation is 2. The first-order chi connectivity index (χ1) is 13.0. The predicted octanol–water partition coefficient (Wildman–Crippen LogP) is 3.29. The van der Waals surface area contributed by atoms with Gasteiger partial charge in [0.1, 0.15) is 11.3 Å². The highest BCUT2D eigenvalue weighted by atomic mass is 16.5. The second-order valence-corrected chi connectivity index (χ2v) is 7.13. The number of esters is 1. The SMILES string of the molecule is CCOC(=O)CCc1cc2c(C)cc(=O)oc2c(CN2CCCCC2)c1O. The summed E-state index contributed by atoms with van der Waals surface area (Å²) in [6.07, 6.45) is 4.06. The van der Waals surface area contributed by atoms with Crippen molar-refractivity contribution < 1.29 is 19.1 Å². The lowest BCUT2D eigenvalue weighted by Gasteiger charge is -2.27. The molecule has 27 heavy (non-hydrogen) atoms. The van der Waals surface area contributed by atoms with Gasteiger partial charge in [0, 0.05) is 24.4 Å². The number of ether oxygens (including phenoxy) is 1. The molecule has 6 nitrogen and oxygen atoms in total. The molecule has 1 N–H and O–H groups in total. The number of benzene rings is 1. The minimum absolute atomic E-state index is 0.117. The van der Waals surface area contributed by atoms with E-state index in [1.165, 1.54) is 12.5 Å². The van der Waals surface area contributed by atoms with Gasteiger partial charge in [0.25, 0.3) is 0 Å². The van der Waals surface area contributed by atoms with Crippen molar-refractivity contribution in [1.82, 2.24) is 4.90 Å². The Morgan fingerprint density at radius 1 is 1.26 bits per heavy atom. The maximum absolute atomic E-state index is 11.9. The van der Waals surface area contributed by atoms with E-state index in [4.69, 9.17) is 9.15 Å². The van der Waals surface area contributed by atoms with Gasteiger partial charge >= 0.3 is 11.6 Å². The molecule has 1 aliphatic heterocycles. The Balaban J connectivity index is 2.01. The van der Waals surface area contributed by atoms with E-state index in [1.807, 2.05) is 13.0 Å².